The number of nitrogens with one attached hydrogen (secondary N) is 2. The maximum Gasteiger partial charge on any atom is 0.391 e. The fourth-order valence-corrected chi connectivity index (χ4v) is 3.42. The Hall–Kier alpha value is -2.32. The average Bonchev–Trinajstić information content (AvgIpc) is 2.45. The molecule has 2 atom stereocenters. The van der Waals surface area contributed by atoms with Crippen LogP contribution >= 0.6 is 0 Å². The third-order valence-electron chi connectivity index (χ3n) is 4.48. The lowest BCUT2D eigenvalue weighted by atomic mass is 9.78. The third kappa shape index (κ3) is 3.29. The smallest absolute Gasteiger partial charge is 0.391 e. The number of rotatable bonds is 2. The number of alkyl halides is 3. The zero-order valence-electron chi connectivity index (χ0n) is 12.5. The van der Waals surface area contributed by atoms with E-state index in [1.165, 1.54) is 0 Å². The summed E-state index contributed by atoms with van der Waals surface area (Å²) >= 11 is 0. The van der Waals surface area contributed by atoms with Gasteiger partial charge in [-0.05, 0) is 30.7 Å². The fourth-order valence-electron chi connectivity index (χ4n) is 3.42. The molecule has 2 heterocycles. The molecule has 0 aliphatic heterocycles. The molecule has 1 aliphatic rings. The van der Waals surface area contributed by atoms with Gasteiger partial charge in [0.25, 0.3) is 5.56 Å². The Morgan fingerprint density at radius 1 is 1.17 bits per heavy atom. The van der Waals surface area contributed by atoms with Crippen molar-refractivity contribution < 1.29 is 17.6 Å². The van der Waals surface area contributed by atoms with Crippen molar-refractivity contribution in [2.24, 2.45) is 11.8 Å². The molecular formula is C15H15F3N2O4. The van der Waals surface area contributed by atoms with E-state index in [1.54, 1.807) is 0 Å². The first-order chi connectivity index (χ1) is 11.2. The van der Waals surface area contributed by atoms with E-state index in [0.29, 0.717) is 18.4 Å². The van der Waals surface area contributed by atoms with Gasteiger partial charge >= 0.3 is 17.5 Å². The van der Waals surface area contributed by atoms with E-state index in [9.17, 15) is 27.6 Å². The second-order valence-corrected chi connectivity index (χ2v) is 6.18. The van der Waals surface area contributed by atoms with Crippen LogP contribution in [-0.4, -0.2) is 16.1 Å². The third-order valence-corrected chi connectivity index (χ3v) is 4.48. The van der Waals surface area contributed by atoms with Crippen LogP contribution in [0.25, 0.3) is 11.1 Å². The Morgan fingerprint density at radius 3 is 2.62 bits per heavy atom. The van der Waals surface area contributed by atoms with Gasteiger partial charge in [-0.15, -0.1) is 0 Å². The van der Waals surface area contributed by atoms with Crippen molar-refractivity contribution in [3.63, 3.8) is 0 Å². The summed E-state index contributed by atoms with van der Waals surface area (Å²) < 4.78 is 43.6. The molecule has 130 valence electrons. The highest BCUT2D eigenvalue weighted by Crippen LogP contribution is 2.41. The van der Waals surface area contributed by atoms with E-state index in [2.05, 4.69) is 4.98 Å². The summed E-state index contributed by atoms with van der Waals surface area (Å²) in [5, 5.41) is 0.00309. The van der Waals surface area contributed by atoms with E-state index >= 15 is 0 Å². The Balaban J connectivity index is 1.97. The summed E-state index contributed by atoms with van der Waals surface area (Å²) in [7, 11) is 0. The second-order valence-electron chi connectivity index (χ2n) is 6.18. The molecule has 2 N–H and O–H groups in total. The van der Waals surface area contributed by atoms with Gasteiger partial charge in [-0.1, -0.05) is 12.8 Å². The van der Waals surface area contributed by atoms with Gasteiger partial charge in [-0.25, -0.2) is 9.59 Å². The summed E-state index contributed by atoms with van der Waals surface area (Å²) in [6.07, 6.45) is -2.97. The molecule has 3 rings (SSSR count). The molecule has 0 aromatic carbocycles. The van der Waals surface area contributed by atoms with Crippen LogP contribution in [0.15, 0.2) is 24.9 Å². The fraction of sp³-hybridized carbons (Fsp3) is 0.533. The predicted octanol–water partition coefficient (Wildman–Crippen LogP) is 2.08. The second kappa shape index (κ2) is 5.95. The molecule has 24 heavy (non-hydrogen) atoms. The molecule has 1 aliphatic carbocycles. The van der Waals surface area contributed by atoms with Crippen LogP contribution < -0.4 is 16.9 Å². The quantitative estimate of drug-likeness (QED) is 0.872. The van der Waals surface area contributed by atoms with Gasteiger partial charge in [0.05, 0.1) is 5.92 Å². The van der Waals surface area contributed by atoms with Crippen LogP contribution in [-0.2, 0) is 6.42 Å². The number of aromatic amines is 2. The number of hydrogen-bond donors (Lipinski definition) is 2. The van der Waals surface area contributed by atoms with Crippen molar-refractivity contribution in [2.45, 2.75) is 38.3 Å². The van der Waals surface area contributed by atoms with E-state index in [4.69, 9.17) is 4.42 Å². The van der Waals surface area contributed by atoms with Crippen LogP contribution in [0.2, 0.25) is 0 Å². The Kier molecular flexibility index (Phi) is 4.10. The summed E-state index contributed by atoms with van der Waals surface area (Å²) in [4.78, 5) is 39.1. The van der Waals surface area contributed by atoms with Crippen molar-refractivity contribution in [3.05, 3.63) is 42.9 Å². The highest BCUT2D eigenvalue weighted by Gasteiger charge is 2.42. The van der Waals surface area contributed by atoms with Gasteiger partial charge < -0.3 is 4.42 Å². The van der Waals surface area contributed by atoms with Gasteiger partial charge in [0.15, 0.2) is 0 Å². The zero-order valence-corrected chi connectivity index (χ0v) is 12.5. The maximum atomic E-state index is 12.9. The predicted molar refractivity (Wildman–Crippen MR) is 78.9 cm³/mol. The van der Waals surface area contributed by atoms with Crippen LogP contribution in [0, 0.1) is 11.8 Å². The monoisotopic (exact) mass is 344 g/mol. The Bertz CT molecular complexity index is 920. The van der Waals surface area contributed by atoms with Crippen LogP contribution in [0.4, 0.5) is 13.2 Å². The summed E-state index contributed by atoms with van der Waals surface area (Å²) in [5.74, 6) is -1.65. The van der Waals surface area contributed by atoms with Crippen LogP contribution in [0.1, 0.15) is 31.2 Å². The standard InChI is InChI=1S/C15H15F3N2O4/c16-15(17,18)9-3-1-2-7(5-9)4-8-6-10(21)24-13-11(8)12(22)19-14(23)20-13/h6-7,9H,1-5H2,(H2,19,20,22,23). The lowest BCUT2D eigenvalue weighted by Crippen LogP contribution is -2.30. The maximum absolute atomic E-state index is 12.9. The molecule has 0 spiro atoms. The number of halogens is 3. The van der Waals surface area contributed by atoms with E-state index < -0.39 is 29.0 Å². The van der Waals surface area contributed by atoms with E-state index in [0.717, 1.165) is 6.07 Å². The average molecular weight is 344 g/mol. The summed E-state index contributed by atoms with van der Waals surface area (Å²) in [5.41, 5.74) is -2.26. The van der Waals surface area contributed by atoms with Gasteiger partial charge in [0.2, 0.25) is 5.71 Å². The Labute approximate surface area is 132 Å². The lowest BCUT2D eigenvalue weighted by molar-refractivity contribution is -0.185. The van der Waals surface area contributed by atoms with Crippen molar-refractivity contribution in [3.8, 4) is 0 Å². The summed E-state index contributed by atoms with van der Waals surface area (Å²) in [6.45, 7) is 0. The highest BCUT2D eigenvalue weighted by atomic mass is 19.4. The molecule has 2 unspecified atom stereocenters. The van der Waals surface area contributed by atoms with E-state index in [1.807, 2.05) is 4.98 Å². The molecule has 1 fully saturated rings. The van der Waals surface area contributed by atoms with Crippen LogP contribution in [0.3, 0.4) is 0 Å². The molecular weight excluding hydrogens is 329 g/mol. The highest BCUT2D eigenvalue weighted by molar-refractivity contribution is 5.75. The molecule has 6 nitrogen and oxygen atoms in total. The van der Waals surface area contributed by atoms with Crippen LogP contribution in [0.5, 0.6) is 0 Å². The number of hydrogen-bond acceptors (Lipinski definition) is 4. The van der Waals surface area contributed by atoms with Crippen molar-refractivity contribution >= 4 is 11.1 Å². The van der Waals surface area contributed by atoms with Gasteiger partial charge in [0.1, 0.15) is 5.39 Å². The number of fused-ring (bicyclic) bond motifs is 1. The van der Waals surface area contributed by atoms with Gasteiger partial charge in [-0.3, -0.25) is 14.8 Å². The number of H-pyrrole nitrogens is 2. The first-order valence-corrected chi connectivity index (χ1v) is 7.60. The summed E-state index contributed by atoms with van der Waals surface area (Å²) in [6, 6.07) is 1.10. The SMILES string of the molecule is O=c1[nH]c(=O)c2c(CC3CCCC(C(F)(F)F)C3)cc(=O)oc2[nH]1. The van der Waals surface area contributed by atoms with Crippen molar-refractivity contribution in [2.75, 3.05) is 0 Å². The molecule has 1 saturated carbocycles. The first kappa shape index (κ1) is 16.5. The van der Waals surface area contributed by atoms with E-state index in [-0.39, 0.29) is 36.3 Å². The minimum atomic E-state index is -4.24. The van der Waals surface area contributed by atoms with Gasteiger partial charge in [-0.2, -0.15) is 13.2 Å². The molecule has 9 heteroatoms. The number of aromatic nitrogens is 2. The Morgan fingerprint density at radius 2 is 1.92 bits per heavy atom. The van der Waals surface area contributed by atoms with Crippen molar-refractivity contribution in [1.82, 2.24) is 9.97 Å². The molecule has 2 aromatic heterocycles. The van der Waals surface area contributed by atoms with Gasteiger partial charge in [0, 0.05) is 6.07 Å². The molecule has 0 bridgehead atoms. The molecule has 0 amide bonds. The zero-order chi connectivity index (χ0) is 17.5. The minimum absolute atomic E-state index is 0.00309. The normalized spacial score (nSPS) is 22.0. The first-order valence-electron chi connectivity index (χ1n) is 7.60. The minimum Gasteiger partial charge on any atom is -0.405 e. The molecule has 0 saturated heterocycles. The lowest BCUT2D eigenvalue weighted by Gasteiger charge is -2.30. The van der Waals surface area contributed by atoms with Crippen molar-refractivity contribution in [1.29, 1.82) is 0 Å². The topological polar surface area (TPSA) is 95.9 Å². The molecule has 0 radical (unpaired) electrons. The molecule has 2 aromatic rings. The largest absolute Gasteiger partial charge is 0.405 e.